The lowest BCUT2D eigenvalue weighted by Gasteiger charge is -2.33. The number of halogens is 1. The third kappa shape index (κ3) is 2.09. The normalized spacial score (nSPS) is 19.3. The van der Waals surface area contributed by atoms with Gasteiger partial charge in [-0.05, 0) is 19.3 Å². The summed E-state index contributed by atoms with van der Waals surface area (Å²) in [5.74, 6) is 1.06. The molecule has 0 unspecified atom stereocenters. The van der Waals surface area contributed by atoms with Gasteiger partial charge in [0.15, 0.2) is 0 Å². The van der Waals surface area contributed by atoms with E-state index in [1.807, 2.05) is 0 Å². The van der Waals surface area contributed by atoms with Gasteiger partial charge < -0.3 is 9.73 Å². The van der Waals surface area contributed by atoms with Crippen molar-refractivity contribution in [2.45, 2.75) is 38.4 Å². The highest BCUT2D eigenvalue weighted by molar-refractivity contribution is 4.90. The number of alkyl halides is 1. The van der Waals surface area contributed by atoms with Crippen LogP contribution in [0.3, 0.4) is 0 Å². The van der Waals surface area contributed by atoms with Crippen LogP contribution in [0.5, 0.6) is 0 Å². The summed E-state index contributed by atoms with van der Waals surface area (Å²) in [6.07, 6.45) is 2.34. The molecule has 14 heavy (non-hydrogen) atoms. The lowest BCUT2D eigenvalue weighted by atomic mass is 9.82. The maximum Gasteiger partial charge on any atom is 0.230 e. The first-order valence-corrected chi connectivity index (χ1v) is 4.87. The van der Waals surface area contributed by atoms with E-state index in [1.165, 1.54) is 0 Å². The molecule has 0 atom stereocenters. The van der Waals surface area contributed by atoms with E-state index in [0.29, 0.717) is 37.7 Å². The van der Waals surface area contributed by atoms with Crippen LogP contribution in [0.1, 0.15) is 31.0 Å². The molecule has 78 valence electrons. The first-order chi connectivity index (χ1) is 6.68. The van der Waals surface area contributed by atoms with Gasteiger partial charge in [-0.1, -0.05) is 0 Å². The van der Waals surface area contributed by atoms with Crippen LogP contribution in [0.2, 0.25) is 0 Å². The molecule has 0 amide bonds. The highest BCUT2D eigenvalue weighted by Gasteiger charge is 2.36. The quantitative estimate of drug-likeness (QED) is 0.795. The van der Waals surface area contributed by atoms with Crippen LogP contribution in [0, 0.1) is 6.92 Å². The van der Waals surface area contributed by atoms with Gasteiger partial charge in [0.1, 0.15) is 5.67 Å². The van der Waals surface area contributed by atoms with Crippen molar-refractivity contribution in [2.75, 3.05) is 6.54 Å². The third-order valence-electron chi connectivity index (χ3n) is 2.54. The number of aryl methyl sites for hydroxylation is 1. The summed E-state index contributed by atoms with van der Waals surface area (Å²) in [6, 6.07) is 0. The third-order valence-corrected chi connectivity index (χ3v) is 2.54. The molecule has 0 aromatic carbocycles. The zero-order chi connectivity index (χ0) is 10.0. The molecule has 5 heteroatoms. The Bertz CT molecular complexity index is 309. The molecule has 0 radical (unpaired) electrons. The maximum atomic E-state index is 13.5. The lowest BCUT2D eigenvalue weighted by Crippen LogP contribution is -2.42. The molecule has 1 heterocycles. The smallest absolute Gasteiger partial charge is 0.230 e. The molecule has 0 spiro atoms. The van der Waals surface area contributed by atoms with Gasteiger partial charge in [-0.2, -0.15) is 0 Å². The zero-order valence-corrected chi connectivity index (χ0v) is 8.22. The number of nitrogens with zero attached hydrogens (tertiary/aromatic N) is 2. The van der Waals surface area contributed by atoms with Crippen molar-refractivity contribution in [1.82, 2.24) is 15.5 Å². The molecule has 1 N–H and O–H groups in total. The predicted molar refractivity (Wildman–Crippen MR) is 48.4 cm³/mol. The lowest BCUT2D eigenvalue weighted by molar-refractivity contribution is 0.0624. The van der Waals surface area contributed by atoms with E-state index >= 15 is 0 Å². The maximum absolute atomic E-state index is 13.5. The molecule has 1 aliphatic rings. The van der Waals surface area contributed by atoms with Crippen LogP contribution in [-0.2, 0) is 6.54 Å². The number of rotatable bonds is 4. The number of hydrogen-bond acceptors (Lipinski definition) is 4. The van der Waals surface area contributed by atoms with Crippen LogP contribution >= 0.6 is 0 Å². The molecule has 0 saturated heterocycles. The Kier molecular flexibility index (Phi) is 2.50. The van der Waals surface area contributed by atoms with Gasteiger partial charge in [-0.25, -0.2) is 4.39 Å². The SMILES string of the molecule is Cc1nnc(CNCC2(F)CCC2)o1. The van der Waals surface area contributed by atoms with Crippen LogP contribution in [0.25, 0.3) is 0 Å². The molecule has 1 aromatic heterocycles. The van der Waals surface area contributed by atoms with Gasteiger partial charge in [0.25, 0.3) is 0 Å². The summed E-state index contributed by atoms with van der Waals surface area (Å²) >= 11 is 0. The molecule has 1 aliphatic carbocycles. The predicted octanol–water partition coefficient (Wildman–Crippen LogP) is 1.36. The van der Waals surface area contributed by atoms with E-state index in [0.717, 1.165) is 6.42 Å². The van der Waals surface area contributed by atoms with Gasteiger partial charge in [0.2, 0.25) is 11.8 Å². The van der Waals surface area contributed by atoms with E-state index in [4.69, 9.17) is 4.42 Å². The van der Waals surface area contributed by atoms with Crippen LogP contribution in [0.4, 0.5) is 4.39 Å². The fourth-order valence-corrected chi connectivity index (χ4v) is 1.54. The highest BCUT2D eigenvalue weighted by atomic mass is 19.1. The fourth-order valence-electron chi connectivity index (χ4n) is 1.54. The second-order valence-corrected chi connectivity index (χ2v) is 3.82. The summed E-state index contributed by atoms with van der Waals surface area (Å²) in [5, 5.41) is 10.5. The van der Waals surface area contributed by atoms with Crippen molar-refractivity contribution in [3.8, 4) is 0 Å². The second kappa shape index (κ2) is 3.65. The van der Waals surface area contributed by atoms with Crippen LogP contribution in [-0.4, -0.2) is 22.4 Å². The van der Waals surface area contributed by atoms with Gasteiger partial charge in [-0.15, -0.1) is 10.2 Å². The Morgan fingerprint density at radius 2 is 2.29 bits per heavy atom. The molecule has 2 rings (SSSR count). The average Bonchev–Trinajstić information content (AvgIpc) is 2.49. The summed E-state index contributed by atoms with van der Waals surface area (Å²) in [5.41, 5.74) is -0.991. The molecular formula is C9H14FN3O. The van der Waals surface area contributed by atoms with Crippen molar-refractivity contribution in [3.05, 3.63) is 11.8 Å². The van der Waals surface area contributed by atoms with E-state index in [1.54, 1.807) is 6.92 Å². The standard InChI is InChI=1S/C9H14FN3O/c1-7-12-13-8(14-7)5-11-6-9(10)3-2-4-9/h11H,2-6H2,1H3. The summed E-state index contributed by atoms with van der Waals surface area (Å²) in [6.45, 7) is 2.57. The minimum absolute atomic E-state index is 0.383. The first-order valence-electron chi connectivity index (χ1n) is 4.87. The highest BCUT2D eigenvalue weighted by Crippen LogP contribution is 2.34. The van der Waals surface area contributed by atoms with Crippen molar-refractivity contribution in [3.63, 3.8) is 0 Å². The summed E-state index contributed by atoms with van der Waals surface area (Å²) < 4.78 is 18.6. The number of nitrogens with one attached hydrogen (secondary N) is 1. The minimum Gasteiger partial charge on any atom is -0.424 e. The Balaban J connectivity index is 1.72. The molecule has 1 fully saturated rings. The van der Waals surface area contributed by atoms with Crippen molar-refractivity contribution in [2.24, 2.45) is 0 Å². The Hall–Kier alpha value is -0.970. The fraction of sp³-hybridized carbons (Fsp3) is 0.778. The van der Waals surface area contributed by atoms with Crippen molar-refractivity contribution in [1.29, 1.82) is 0 Å². The molecular weight excluding hydrogens is 185 g/mol. The van der Waals surface area contributed by atoms with Gasteiger partial charge in [0.05, 0.1) is 6.54 Å². The first kappa shape index (κ1) is 9.58. The number of hydrogen-bond donors (Lipinski definition) is 1. The molecule has 1 aromatic rings. The summed E-state index contributed by atoms with van der Waals surface area (Å²) in [4.78, 5) is 0. The van der Waals surface area contributed by atoms with Crippen LogP contribution in [0.15, 0.2) is 4.42 Å². The molecule has 0 aliphatic heterocycles. The largest absolute Gasteiger partial charge is 0.424 e. The van der Waals surface area contributed by atoms with Gasteiger partial charge in [0, 0.05) is 13.5 Å². The molecule has 0 bridgehead atoms. The molecule has 4 nitrogen and oxygen atoms in total. The van der Waals surface area contributed by atoms with E-state index in [2.05, 4.69) is 15.5 Å². The average molecular weight is 199 g/mol. The second-order valence-electron chi connectivity index (χ2n) is 3.82. The Labute approximate surface area is 81.9 Å². The minimum atomic E-state index is -0.991. The van der Waals surface area contributed by atoms with Crippen molar-refractivity contribution >= 4 is 0 Å². The Morgan fingerprint density at radius 1 is 1.50 bits per heavy atom. The van der Waals surface area contributed by atoms with Crippen molar-refractivity contribution < 1.29 is 8.81 Å². The topological polar surface area (TPSA) is 51.0 Å². The van der Waals surface area contributed by atoms with Gasteiger partial charge >= 0.3 is 0 Å². The molecule has 1 saturated carbocycles. The number of aromatic nitrogens is 2. The van der Waals surface area contributed by atoms with E-state index in [9.17, 15) is 4.39 Å². The van der Waals surface area contributed by atoms with Crippen LogP contribution < -0.4 is 5.32 Å². The monoisotopic (exact) mass is 199 g/mol. The summed E-state index contributed by atoms with van der Waals surface area (Å²) in [7, 11) is 0. The van der Waals surface area contributed by atoms with E-state index in [-0.39, 0.29) is 0 Å². The van der Waals surface area contributed by atoms with Gasteiger partial charge in [-0.3, -0.25) is 0 Å². The van der Waals surface area contributed by atoms with E-state index < -0.39 is 5.67 Å². The Morgan fingerprint density at radius 3 is 2.79 bits per heavy atom. The zero-order valence-electron chi connectivity index (χ0n) is 8.22.